The largest absolute Gasteiger partial charge is 0.397 e. The molecule has 0 radical (unpaired) electrons. The van der Waals surface area contributed by atoms with Crippen molar-refractivity contribution in [1.82, 2.24) is 4.98 Å². The van der Waals surface area contributed by atoms with Gasteiger partial charge in [-0.25, -0.2) is 4.98 Å². The second kappa shape index (κ2) is 4.73. The maximum absolute atomic E-state index is 6.10. The number of pyridine rings is 1. The minimum absolute atomic E-state index is 0.0645. The van der Waals surface area contributed by atoms with Crippen LogP contribution in [0.15, 0.2) is 12.3 Å². The number of hydrogen-bond acceptors (Lipinski definition) is 3. The Morgan fingerprint density at radius 1 is 1.29 bits per heavy atom. The highest BCUT2D eigenvalue weighted by molar-refractivity contribution is 6.33. The molecule has 0 saturated carbocycles. The second-order valence-corrected chi connectivity index (χ2v) is 6.75. The highest BCUT2D eigenvalue weighted by Gasteiger charge is 2.26. The molecule has 0 aliphatic carbocycles. The molecule has 17 heavy (non-hydrogen) atoms. The molecule has 1 heterocycles. The average molecular weight is 256 g/mol. The van der Waals surface area contributed by atoms with Crippen LogP contribution in [0.3, 0.4) is 0 Å². The molecule has 1 aromatic heterocycles. The van der Waals surface area contributed by atoms with E-state index < -0.39 is 0 Å². The number of rotatable bonds is 3. The van der Waals surface area contributed by atoms with E-state index in [0.717, 1.165) is 6.42 Å². The lowest BCUT2D eigenvalue weighted by molar-refractivity contribution is 0.302. The molecule has 0 unspecified atom stereocenters. The van der Waals surface area contributed by atoms with E-state index in [1.54, 1.807) is 12.3 Å². The van der Waals surface area contributed by atoms with Crippen LogP contribution < -0.4 is 11.1 Å². The molecule has 0 fully saturated rings. The SMILES string of the molecule is CC(C)(C)CC(C)(C)Nc1ncc(N)cc1Cl. The van der Waals surface area contributed by atoms with Gasteiger partial charge in [-0.3, -0.25) is 0 Å². The summed E-state index contributed by atoms with van der Waals surface area (Å²) in [5, 5.41) is 3.93. The summed E-state index contributed by atoms with van der Waals surface area (Å²) in [4.78, 5) is 4.22. The van der Waals surface area contributed by atoms with Gasteiger partial charge in [0.2, 0.25) is 0 Å². The number of anilines is 2. The molecule has 3 N–H and O–H groups in total. The molecular weight excluding hydrogens is 234 g/mol. The number of nitrogen functional groups attached to an aromatic ring is 1. The van der Waals surface area contributed by atoms with Crippen LogP contribution in [-0.4, -0.2) is 10.5 Å². The molecule has 0 aliphatic heterocycles. The van der Waals surface area contributed by atoms with E-state index in [1.807, 2.05) is 0 Å². The van der Waals surface area contributed by atoms with Crippen molar-refractivity contribution in [2.75, 3.05) is 11.1 Å². The predicted molar refractivity (Wildman–Crippen MR) is 75.4 cm³/mol. The van der Waals surface area contributed by atoms with Crippen molar-refractivity contribution in [3.05, 3.63) is 17.3 Å². The summed E-state index contributed by atoms with van der Waals surface area (Å²) < 4.78 is 0. The molecule has 0 bridgehead atoms. The summed E-state index contributed by atoms with van der Waals surface area (Å²) in [6.07, 6.45) is 2.63. The Kier molecular flexibility index (Phi) is 3.92. The Morgan fingerprint density at radius 3 is 2.35 bits per heavy atom. The summed E-state index contributed by atoms with van der Waals surface area (Å²) in [6.45, 7) is 10.9. The van der Waals surface area contributed by atoms with Gasteiger partial charge in [-0.15, -0.1) is 0 Å². The number of nitrogens with two attached hydrogens (primary N) is 1. The maximum Gasteiger partial charge on any atom is 0.145 e. The van der Waals surface area contributed by atoms with E-state index in [9.17, 15) is 0 Å². The highest BCUT2D eigenvalue weighted by Crippen LogP contribution is 2.31. The van der Waals surface area contributed by atoms with E-state index in [4.69, 9.17) is 17.3 Å². The predicted octanol–water partition coefficient (Wildman–Crippen LogP) is 3.94. The van der Waals surface area contributed by atoms with E-state index in [0.29, 0.717) is 16.5 Å². The lowest BCUT2D eigenvalue weighted by atomic mass is 9.82. The molecule has 0 aromatic carbocycles. The van der Waals surface area contributed by atoms with Gasteiger partial charge >= 0.3 is 0 Å². The van der Waals surface area contributed by atoms with Gasteiger partial charge in [-0.2, -0.15) is 0 Å². The summed E-state index contributed by atoms with van der Waals surface area (Å²) in [5.41, 5.74) is 6.38. The summed E-state index contributed by atoms with van der Waals surface area (Å²) >= 11 is 6.10. The standard InChI is InChI=1S/C13H22ClN3/c1-12(2,3)8-13(4,5)17-11-10(14)6-9(15)7-16-11/h6-7H,8,15H2,1-5H3,(H,16,17). The smallest absolute Gasteiger partial charge is 0.145 e. The topological polar surface area (TPSA) is 50.9 Å². The number of aromatic nitrogens is 1. The minimum atomic E-state index is -0.0645. The van der Waals surface area contributed by atoms with Gasteiger partial charge in [0.15, 0.2) is 0 Å². The van der Waals surface area contributed by atoms with Crippen molar-refractivity contribution in [2.45, 2.75) is 46.6 Å². The van der Waals surface area contributed by atoms with Crippen molar-refractivity contribution in [1.29, 1.82) is 0 Å². The first kappa shape index (κ1) is 14.1. The summed E-state index contributed by atoms with van der Waals surface area (Å²) in [5.74, 6) is 0.690. The summed E-state index contributed by atoms with van der Waals surface area (Å²) in [6, 6.07) is 1.71. The quantitative estimate of drug-likeness (QED) is 0.860. The third kappa shape index (κ3) is 4.82. The fraction of sp³-hybridized carbons (Fsp3) is 0.615. The molecule has 0 aliphatic rings. The van der Waals surface area contributed by atoms with Gasteiger partial charge in [-0.05, 0) is 31.7 Å². The van der Waals surface area contributed by atoms with Crippen LogP contribution in [-0.2, 0) is 0 Å². The zero-order chi connectivity index (χ0) is 13.3. The third-order valence-electron chi connectivity index (χ3n) is 2.29. The van der Waals surface area contributed by atoms with Crippen LogP contribution in [0.4, 0.5) is 11.5 Å². The Balaban J connectivity index is 2.83. The van der Waals surface area contributed by atoms with Gasteiger partial charge < -0.3 is 11.1 Å². The Bertz CT molecular complexity index is 394. The van der Waals surface area contributed by atoms with Crippen LogP contribution in [0.25, 0.3) is 0 Å². The molecule has 0 amide bonds. The molecule has 0 atom stereocenters. The fourth-order valence-corrected chi connectivity index (χ4v) is 2.46. The zero-order valence-electron chi connectivity index (χ0n) is 11.3. The number of hydrogen-bond donors (Lipinski definition) is 2. The van der Waals surface area contributed by atoms with Crippen LogP contribution in [0, 0.1) is 5.41 Å². The Morgan fingerprint density at radius 2 is 1.88 bits per heavy atom. The van der Waals surface area contributed by atoms with Crippen LogP contribution in [0.5, 0.6) is 0 Å². The van der Waals surface area contributed by atoms with Crippen molar-refractivity contribution in [3.63, 3.8) is 0 Å². The molecule has 1 rings (SSSR count). The molecule has 0 saturated heterocycles. The lowest BCUT2D eigenvalue weighted by Gasteiger charge is -2.34. The van der Waals surface area contributed by atoms with Crippen LogP contribution in [0.1, 0.15) is 41.0 Å². The Labute approximate surface area is 109 Å². The highest BCUT2D eigenvalue weighted by atomic mass is 35.5. The molecule has 1 aromatic rings. The first-order valence-electron chi connectivity index (χ1n) is 5.78. The third-order valence-corrected chi connectivity index (χ3v) is 2.58. The average Bonchev–Trinajstić information content (AvgIpc) is 2.05. The lowest BCUT2D eigenvalue weighted by Crippen LogP contribution is -2.35. The maximum atomic E-state index is 6.10. The second-order valence-electron chi connectivity index (χ2n) is 6.35. The van der Waals surface area contributed by atoms with Gasteiger partial charge in [-0.1, -0.05) is 32.4 Å². The van der Waals surface area contributed by atoms with Gasteiger partial charge in [0.1, 0.15) is 5.82 Å². The monoisotopic (exact) mass is 255 g/mol. The fourth-order valence-electron chi connectivity index (χ4n) is 2.24. The van der Waals surface area contributed by atoms with Gasteiger partial charge in [0.05, 0.1) is 16.9 Å². The van der Waals surface area contributed by atoms with Gasteiger partial charge in [0, 0.05) is 5.54 Å². The first-order chi connectivity index (χ1) is 7.59. The zero-order valence-corrected chi connectivity index (χ0v) is 12.0. The van der Waals surface area contributed by atoms with E-state index in [2.05, 4.69) is 44.9 Å². The van der Waals surface area contributed by atoms with Crippen molar-refractivity contribution in [3.8, 4) is 0 Å². The normalized spacial score (nSPS) is 12.6. The van der Waals surface area contributed by atoms with Crippen molar-refractivity contribution >= 4 is 23.1 Å². The van der Waals surface area contributed by atoms with Crippen LogP contribution in [0.2, 0.25) is 5.02 Å². The molecule has 0 spiro atoms. The molecular formula is C13H22ClN3. The van der Waals surface area contributed by atoms with Crippen LogP contribution >= 0.6 is 11.6 Å². The number of halogens is 1. The first-order valence-corrected chi connectivity index (χ1v) is 6.16. The molecule has 3 nitrogen and oxygen atoms in total. The van der Waals surface area contributed by atoms with E-state index in [1.165, 1.54) is 0 Å². The molecule has 4 heteroatoms. The number of nitrogens with zero attached hydrogens (tertiary/aromatic N) is 1. The molecule has 96 valence electrons. The van der Waals surface area contributed by atoms with Crippen molar-refractivity contribution < 1.29 is 0 Å². The van der Waals surface area contributed by atoms with E-state index >= 15 is 0 Å². The Hall–Kier alpha value is -0.960. The van der Waals surface area contributed by atoms with Crippen molar-refractivity contribution in [2.24, 2.45) is 5.41 Å². The minimum Gasteiger partial charge on any atom is -0.397 e. The van der Waals surface area contributed by atoms with E-state index in [-0.39, 0.29) is 11.0 Å². The summed E-state index contributed by atoms with van der Waals surface area (Å²) in [7, 11) is 0. The van der Waals surface area contributed by atoms with Gasteiger partial charge in [0.25, 0.3) is 0 Å². The number of nitrogens with one attached hydrogen (secondary N) is 1.